The van der Waals surface area contributed by atoms with Crippen LogP contribution in [-0.2, 0) is 0 Å². The number of hydrogen-bond acceptors (Lipinski definition) is 5. The van der Waals surface area contributed by atoms with E-state index in [0.29, 0.717) is 10.6 Å². The number of fused-ring (bicyclic) bond motifs is 1. The fraction of sp³-hybridized carbons (Fsp3) is 0. The number of para-hydroxylation sites is 1. The topological polar surface area (TPSA) is 76.2 Å². The molecule has 0 bridgehead atoms. The van der Waals surface area contributed by atoms with Gasteiger partial charge in [-0.15, -0.1) is 11.3 Å². The number of carboxylic acid groups (broad SMARTS) is 1. The first-order chi connectivity index (χ1) is 9.63. The normalized spacial score (nSPS) is 10.8. The van der Waals surface area contributed by atoms with Gasteiger partial charge in [-0.3, -0.25) is 0 Å². The molecule has 0 aliphatic carbocycles. The van der Waals surface area contributed by atoms with E-state index < -0.39 is 5.97 Å². The van der Waals surface area contributed by atoms with E-state index in [1.54, 1.807) is 12.1 Å². The van der Waals surface area contributed by atoms with E-state index in [1.807, 2.05) is 24.3 Å². The molecule has 0 atom stereocenters. The molecule has 3 rings (SSSR count). The molecule has 3 aromatic rings. The maximum atomic E-state index is 11.2. The molecule has 0 aliphatic rings. The molecule has 3 N–H and O–H groups in total. The molecule has 6 heteroatoms. The van der Waals surface area contributed by atoms with Crippen molar-refractivity contribution in [2.75, 3.05) is 5.73 Å². The number of carboxylic acids is 1. The van der Waals surface area contributed by atoms with Crippen molar-refractivity contribution in [2.45, 2.75) is 9.24 Å². The van der Waals surface area contributed by atoms with Crippen LogP contribution in [0.2, 0.25) is 0 Å². The van der Waals surface area contributed by atoms with Crippen LogP contribution < -0.4 is 5.73 Å². The largest absolute Gasteiger partial charge is 0.478 e. The van der Waals surface area contributed by atoms with Gasteiger partial charge in [0.2, 0.25) is 0 Å². The van der Waals surface area contributed by atoms with Crippen molar-refractivity contribution in [1.82, 2.24) is 4.98 Å². The molecule has 4 nitrogen and oxygen atoms in total. The molecule has 1 heterocycles. The number of anilines is 1. The molecular formula is C14H10N2O2S2. The highest BCUT2D eigenvalue weighted by molar-refractivity contribution is 8.01. The van der Waals surface area contributed by atoms with Crippen LogP contribution in [-0.4, -0.2) is 16.1 Å². The van der Waals surface area contributed by atoms with E-state index >= 15 is 0 Å². The lowest BCUT2D eigenvalue weighted by molar-refractivity contribution is 0.0693. The minimum Gasteiger partial charge on any atom is -0.478 e. The number of nitrogens with zero attached hydrogens (tertiary/aromatic N) is 1. The number of rotatable bonds is 3. The fourth-order valence-electron chi connectivity index (χ4n) is 1.79. The van der Waals surface area contributed by atoms with Crippen molar-refractivity contribution in [3.8, 4) is 0 Å². The summed E-state index contributed by atoms with van der Waals surface area (Å²) in [6.45, 7) is 0. The lowest BCUT2D eigenvalue weighted by Gasteiger charge is -2.04. The average Bonchev–Trinajstić information content (AvgIpc) is 2.80. The van der Waals surface area contributed by atoms with E-state index in [9.17, 15) is 9.90 Å². The Morgan fingerprint density at radius 2 is 2.05 bits per heavy atom. The SMILES string of the molecule is Nc1ccc(C(=O)O)c(Sc2nc3ccccc3s2)c1. The van der Waals surface area contributed by atoms with E-state index in [2.05, 4.69) is 4.98 Å². The van der Waals surface area contributed by atoms with Crippen molar-refractivity contribution in [2.24, 2.45) is 0 Å². The molecule has 0 aliphatic heterocycles. The van der Waals surface area contributed by atoms with Gasteiger partial charge in [0.25, 0.3) is 0 Å². The number of carbonyl (C=O) groups is 1. The lowest BCUT2D eigenvalue weighted by Crippen LogP contribution is -1.99. The zero-order chi connectivity index (χ0) is 14.1. The van der Waals surface area contributed by atoms with E-state index in [1.165, 1.54) is 29.2 Å². The molecule has 0 amide bonds. The Hall–Kier alpha value is -2.05. The molecule has 100 valence electrons. The van der Waals surface area contributed by atoms with Crippen LogP contribution in [0.4, 0.5) is 5.69 Å². The maximum absolute atomic E-state index is 11.2. The molecule has 0 saturated heterocycles. The Morgan fingerprint density at radius 3 is 2.80 bits per heavy atom. The number of aromatic nitrogens is 1. The van der Waals surface area contributed by atoms with Gasteiger partial charge < -0.3 is 10.8 Å². The summed E-state index contributed by atoms with van der Waals surface area (Å²) in [5.41, 5.74) is 7.43. The monoisotopic (exact) mass is 302 g/mol. The standard InChI is InChI=1S/C14H10N2O2S2/c15-8-5-6-9(13(17)18)12(7-8)20-14-16-10-3-1-2-4-11(10)19-14/h1-7H,15H2,(H,17,18). The third-order valence-corrected chi connectivity index (χ3v) is 4.86. The van der Waals surface area contributed by atoms with Gasteiger partial charge in [0.15, 0.2) is 4.34 Å². The molecule has 1 aromatic heterocycles. The molecule has 0 unspecified atom stereocenters. The van der Waals surface area contributed by atoms with Crippen LogP contribution >= 0.6 is 23.1 Å². The van der Waals surface area contributed by atoms with Crippen molar-refractivity contribution >= 4 is 45.0 Å². The number of nitrogen functional groups attached to an aromatic ring is 1. The summed E-state index contributed by atoms with van der Waals surface area (Å²) < 4.78 is 1.88. The molecule has 0 spiro atoms. The number of aromatic carboxylic acids is 1. The van der Waals surface area contributed by atoms with Crippen LogP contribution in [0, 0.1) is 0 Å². The second kappa shape index (κ2) is 5.15. The highest BCUT2D eigenvalue weighted by atomic mass is 32.2. The smallest absolute Gasteiger partial charge is 0.336 e. The predicted molar refractivity (Wildman–Crippen MR) is 81.6 cm³/mol. The molecule has 2 aromatic carbocycles. The predicted octanol–water partition coefficient (Wildman–Crippen LogP) is 3.73. The molecule has 20 heavy (non-hydrogen) atoms. The lowest BCUT2D eigenvalue weighted by atomic mass is 10.2. The van der Waals surface area contributed by atoms with Crippen molar-refractivity contribution < 1.29 is 9.90 Å². The number of nitrogens with two attached hydrogens (primary N) is 1. The quantitative estimate of drug-likeness (QED) is 0.721. The summed E-state index contributed by atoms with van der Waals surface area (Å²) in [6.07, 6.45) is 0. The van der Waals surface area contributed by atoms with Gasteiger partial charge in [-0.05, 0) is 30.3 Å². The number of thiazole rings is 1. The second-order valence-electron chi connectivity index (χ2n) is 4.11. The van der Waals surface area contributed by atoms with E-state index in [4.69, 9.17) is 5.73 Å². The summed E-state index contributed by atoms with van der Waals surface area (Å²) in [7, 11) is 0. The van der Waals surface area contributed by atoms with Crippen LogP contribution in [0.1, 0.15) is 10.4 Å². The van der Waals surface area contributed by atoms with Crippen LogP contribution in [0.3, 0.4) is 0 Å². The summed E-state index contributed by atoms with van der Waals surface area (Å²) in [6, 6.07) is 12.6. The van der Waals surface area contributed by atoms with Gasteiger partial charge in [0.1, 0.15) is 0 Å². The van der Waals surface area contributed by atoms with Gasteiger partial charge in [-0.2, -0.15) is 0 Å². The number of benzene rings is 2. The minimum absolute atomic E-state index is 0.239. The molecule has 0 radical (unpaired) electrons. The van der Waals surface area contributed by atoms with Gasteiger partial charge in [-0.25, -0.2) is 9.78 Å². The minimum atomic E-state index is -0.964. The Kier molecular flexibility index (Phi) is 3.33. The maximum Gasteiger partial charge on any atom is 0.336 e. The van der Waals surface area contributed by atoms with E-state index in [0.717, 1.165) is 14.6 Å². The Morgan fingerprint density at radius 1 is 1.25 bits per heavy atom. The average molecular weight is 302 g/mol. The van der Waals surface area contributed by atoms with Gasteiger partial charge in [0.05, 0.1) is 15.8 Å². The van der Waals surface area contributed by atoms with E-state index in [-0.39, 0.29) is 5.56 Å². The highest BCUT2D eigenvalue weighted by Crippen LogP contribution is 2.36. The fourth-order valence-corrected chi connectivity index (χ4v) is 3.98. The molecular weight excluding hydrogens is 292 g/mol. The Balaban J connectivity index is 2.01. The molecule has 0 fully saturated rings. The summed E-state index contributed by atoms with van der Waals surface area (Å²) in [5, 5.41) is 9.20. The second-order valence-corrected chi connectivity index (χ2v) is 6.43. The molecule has 0 saturated carbocycles. The zero-order valence-electron chi connectivity index (χ0n) is 10.2. The van der Waals surface area contributed by atoms with Crippen molar-refractivity contribution in [3.63, 3.8) is 0 Å². The van der Waals surface area contributed by atoms with Crippen LogP contribution in [0.25, 0.3) is 10.2 Å². The first kappa shape index (κ1) is 13.0. The van der Waals surface area contributed by atoms with Gasteiger partial charge in [0, 0.05) is 10.6 Å². The Bertz CT molecular complexity index is 766. The highest BCUT2D eigenvalue weighted by Gasteiger charge is 2.13. The number of hydrogen-bond donors (Lipinski definition) is 2. The van der Waals surface area contributed by atoms with Crippen LogP contribution in [0.15, 0.2) is 51.7 Å². The van der Waals surface area contributed by atoms with Crippen molar-refractivity contribution in [1.29, 1.82) is 0 Å². The summed E-state index contributed by atoms with van der Waals surface area (Å²) in [5.74, 6) is -0.964. The van der Waals surface area contributed by atoms with Gasteiger partial charge in [-0.1, -0.05) is 23.9 Å². The van der Waals surface area contributed by atoms with Gasteiger partial charge >= 0.3 is 5.97 Å². The summed E-state index contributed by atoms with van der Waals surface area (Å²) in [4.78, 5) is 16.3. The zero-order valence-corrected chi connectivity index (χ0v) is 11.9. The first-order valence-corrected chi connectivity index (χ1v) is 7.43. The van der Waals surface area contributed by atoms with Crippen molar-refractivity contribution in [3.05, 3.63) is 48.0 Å². The third kappa shape index (κ3) is 2.48. The summed E-state index contributed by atoms with van der Waals surface area (Å²) >= 11 is 2.87. The first-order valence-electron chi connectivity index (χ1n) is 5.80. The third-order valence-electron chi connectivity index (χ3n) is 2.71. The van der Waals surface area contributed by atoms with Crippen LogP contribution in [0.5, 0.6) is 0 Å². The Labute approximate surface area is 123 Å².